The molecule has 3 aromatic heterocycles. The molecule has 0 saturated heterocycles. The number of aromatic nitrogens is 4. The number of ether oxygens (including phenoxy) is 1. The van der Waals surface area contributed by atoms with Gasteiger partial charge in [-0.05, 0) is 31.5 Å². The van der Waals surface area contributed by atoms with Gasteiger partial charge in [0, 0.05) is 30.6 Å². The van der Waals surface area contributed by atoms with E-state index < -0.39 is 0 Å². The molecule has 0 amide bonds. The molecule has 6 nitrogen and oxygen atoms in total. The number of aryl methyl sites for hydroxylation is 2. The summed E-state index contributed by atoms with van der Waals surface area (Å²) in [4.78, 5) is 8.59. The summed E-state index contributed by atoms with van der Waals surface area (Å²) in [5.74, 6) is 1.86. The zero-order valence-corrected chi connectivity index (χ0v) is 13.2. The molecule has 0 aliphatic rings. The van der Waals surface area contributed by atoms with E-state index in [1.165, 1.54) is 0 Å². The average Bonchev–Trinajstić information content (AvgIpc) is 3.00. The predicted octanol–water partition coefficient (Wildman–Crippen LogP) is 3.43. The van der Waals surface area contributed by atoms with E-state index in [-0.39, 0.29) is 0 Å². The van der Waals surface area contributed by atoms with Crippen molar-refractivity contribution in [3.05, 3.63) is 48.5 Å². The number of hydrogen-bond acceptors (Lipinski definition) is 5. The van der Waals surface area contributed by atoms with E-state index in [1.807, 2.05) is 42.2 Å². The van der Waals surface area contributed by atoms with Crippen LogP contribution in [0.5, 0.6) is 11.5 Å². The lowest BCUT2D eigenvalue weighted by atomic mass is 10.2. The maximum Gasteiger partial charge on any atom is 0.148 e. The van der Waals surface area contributed by atoms with Crippen LogP contribution in [0.25, 0.3) is 11.3 Å². The Bertz CT molecular complexity index is 812. The van der Waals surface area contributed by atoms with Gasteiger partial charge in [0.1, 0.15) is 17.3 Å². The molecule has 6 heteroatoms. The van der Waals surface area contributed by atoms with E-state index in [4.69, 9.17) is 10.5 Å². The molecule has 0 aliphatic carbocycles. The Hall–Kier alpha value is -2.89. The second-order valence-electron chi connectivity index (χ2n) is 5.29. The molecule has 0 radical (unpaired) electrons. The molecule has 118 valence electrons. The van der Waals surface area contributed by atoms with Crippen LogP contribution in [-0.2, 0) is 6.54 Å². The Morgan fingerprint density at radius 3 is 2.91 bits per heavy atom. The summed E-state index contributed by atoms with van der Waals surface area (Å²) in [6.07, 6.45) is 6.58. The van der Waals surface area contributed by atoms with Crippen molar-refractivity contribution < 1.29 is 4.74 Å². The number of pyridine rings is 2. The maximum atomic E-state index is 5.90. The third-order valence-electron chi connectivity index (χ3n) is 3.40. The van der Waals surface area contributed by atoms with Crippen LogP contribution in [0, 0.1) is 6.92 Å². The molecule has 0 bridgehead atoms. The van der Waals surface area contributed by atoms with Crippen LogP contribution >= 0.6 is 0 Å². The first-order valence-corrected chi connectivity index (χ1v) is 7.55. The second-order valence-corrected chi connectivity index (χ2v) is 5.29. The van der Waals surface area contributed by atoms with Crippen LogP contribution in [0.4, 0.5) is 5.82 Å². The Morgan fingerprint density at radius 1 is 1.26 bits per heavy atom. The van der Waals surface area contributed by atoms with Crippen molar-refractivity contribution in [3.63, 3.8) is 0 Å². The first-order valence-electron chi connectivity index (χ1n) is 7.55. The molecule has 0 spiro atoms. The Morgan fingerprint density at radius 2 is 2.13 bits per heavy atom. The van der Waals surface area contributed by atoms with Gasteiger partial charge in [0.15, 0.2) is 0 Å². The first kappa shape index (κ1) is 15.0. The highest BCUT2D eigenvalue weighted by Gasteiger charge is 2.07. The number of nitrogen functional groups attached to an aromatic ring is 1. The molecule has 0 aliphatic heterocycles. The summed E-state index contributed by atoms with van der Waals surface area (Å²) in [6.45, 7) is 4.88. The fourth-order valence-corrected chi connectivity index (χ4v) is 2.28. The predicted molar refractivity (Wildman–Crippen MR) is 89.2 cm³/mol. The normalized spacial score (nSPS) is 10.7. The van der Waals surface area contributed by atoms with Crippen molar-refractivity contribution in [2.45, 2.75) is 26.8 Å². The molecule has 3 heterocycles. The molecule has 3 rings (SSSR count). The molecule has 23 heavy (non-hydrogen) atoms. The summed E-state index contributed by atoms with van der Waals surface area (Å²) < 4.78 is 7.81. The van der Waals surface area contributed by atoms with Gasteiger partial charge in [0.25, 0.3) is 0 Å². The highest BCUT2D eigenvalue weighted by Crippen LogP contribution is 2.27. The summed E-state index contributed by atoms with van der Waals surface area (Å²) in [5, 5.41) is 4.33. The molecule has 2 N–H and O–H groups in total. The van der Waals surface area contributed by atoms with Gasteiger partial charge in [-0.2, -0.15) is 5.10 Å². The molecule has 0 unspecified atom stereocenters. The van der Waals surface area contributed by atoms with E-state index in [0.29, 0.717) is 17.3 Å². The topological polar surface area (TPSA) is 78.9 Å². The standard InChI is InChI=1S/C17H19N5O/c1-3-8-22-11-13(10-20-22)15-9-14(6-7-19-15)23-16-4-5-17(18)21-12(16)2/h4-7,9-11H,3,8H2,1-2H3,(H2,18,21). The Labute approximate surface area is 135 Å². The fourth-order valence-electron chi connectivity index (χ4n) is 2.28. The minimum atomic E-state index is 0.480. The molecule has 0 saturated carbocycles. The van der Waals surface area contributed by atoms with E-state index in [2.05, 4.69) is 22.0 Å². The largest absolute Gasteiger partial charge is 0.455 e. The van der Waals surface area contributed by atoms with Crippen molar-refractivity contribution >= 4 is 5.82 Å². The van der Waals surface area contributed by atoms with Gasteiger partial charge in [0.2, 0.25) is 0 Å². The van der Waals surface area contributed by atoms with Crippen LogP contribution in [0.15, 0.2) is 42.9 Å². The molecule has 0 aromatic carbocycles. The third-order valence-corrected chi connectivity index (χ3v) is 3.40. The zero-order valence-electron chi connectivity index (χ0n) is 13.2. The summed E-state index contributed by atoms with van der Waals surface area (Å²) >= 11 is 0. The Balaban J connectivity index is 1.84. The quantitative estimate of drug-likeness (QED) is 0.781. The van der Waals surface area contributed by atoms with Gasteiger partial charge in [-0.15, -0.1) is 0 Å². The number of nitrogens with two attached hydrogens (primary N) is 1. The highest BCUT2D eigenvalue weighted by molar-refractivity contribution is 5.59. The number of hydrogen-bond donors (Lipinski definition) is 1. The highest BCUT2D eigenvalue weighted by atomic mass is 16.5. The van der Waals surface area contributed by atoms with Crippen LogP contribution in [0.3, 0.4) is 0 Å². The monoisotopic (exact) mass is 309 g/mol. The third kappa shape index (κ3) is 3.48. The SMILES string of the molecule is CCCn1cc(-c2cc(Oc3ccc(N)nc3C)ccn2)cn1. The fraction of sp³-hybridized carbons (Fsp3) is 0.235. The number of anilines is 1. The number of rotatable bonds is 5. The molecule has 0 atom stereocenters. The molecular formula is C17H19N5O. The van der Waals surface area contributed by atoms with Crippen LogP contribution in [0.2, 0.25) is 0 Å². The van der Waals surface area contributed by atoms with E-state index >= 15 is 0 Å². The molecule has 3 aromatic rings. The second kappa shape index (κ2) is 6.48. The summed E-state index contributed by atoms with van der Waals surface area (Å²) in [5.41, 5.74) is 8.20. The number of nitrogens with zero attached hydrogens (tertiary/aromatic N) is 4. The van der Waals surface area contributed by atoms with Crippen molar-refractivity contribution in [1.82, 2.24) is 19.7 Å². The van der Waals surface area contributed by atoms with Gasteiger partial charge in [-0.3, -0.25) is 9.67 Å². The average molecular weight is 309 g/mol. The van der Waals surface area contributed by atoms with Crippen molar-refractivity contribution in [1.29, 1.82) is 0 Å². The smallest absolute Gasteiger partial charge is 0.148 e. The lowest BCUT2D eigenvalue weighted by molar-refractivity contribution is 0.475. The van der Waals surface area contributed by atoms with Crippen molar-refractivity contribution in [2.75, 3.05) is 5.73 Å². The van der Waals surface area contributed by atoms with E-state index in [1.54, 1.807) is 12.3 Å². The van der Waals surface area contributed by atoms with Crippen LogP contribution in [-0.4, -0.2) is 19.7 Å². The van der Waals surface area contributed by atoms with Gasteiger partial charge >= 0.3 is 0 Å². The Kier molecular flexibility index (Phi) is 4.23. The minimum Gasteiger partial charge on any atom is -0.455 e. The minimum absolute atomic E-state index is 0.480. The van der Waals surface area contributed by atoms with Gasteiger partial charge < -0.3 is 10.5 Å². The first-order chi connectivity index (χ1) is 11.2. The van der Waals surface area contributed by atoms with Crippen LogP contribution in [0.1, 0.15) is 19.0 Å². The van der Waals surface area contributed by atoms with Gasteiger partial charge in [0.05, 0.1) is 17.6 Å². The lowest BCUT2D eigenvalue weighted by Crippen LogP contribution is -1.96. The van der Waals surface area contributed by atoms with Crippen molar-refractivity contribution in [2.24, 2.45) is 0 Å². The van der Waals surface area contributed by atoms with Crippen molar-refractivity contribution in [3.8, 4) is 22.8 Å². The summed E-state index contributed by atoms with van der Waals surface area (Å²) in [7, 11) is 0. The van der Waals surface area contributed by atoms with Gasteiger partial charge in [-0.25, -0.2) is 4.98 Å². The van der Waals surface area contributed by atoms with Gasteiger partial charge in [-0.1, -0.05) is 6.92 Å². The van der Waals surface area contributed by atoms with Crippen LogP contribution < -0.4 is 10.5 Å². The molecule has 0 fully saturated rings. The zero-order chi connectivity index (χ0) is 16.2. The van der Waals surface area contributed by atoms with E-state index in [9.17, 15) is 0 Å². The summed E-state index contributed by atoms with van der Waals surface area (Å²) in [6, 6.07) is 7.25. The molecular weight excluding hydrogens is 290 g/mol. The maximum absolute atomic E-state index is 5.90. The van der Waals surface area contributed by atoms with E-state index in [0.717, 1.165) is 29.9 Å². The lowest BCUT2D eigenvalue weighted by Gasteiger charge is -2.09.